The zero-order valence-corrected chi connectivity index (χ0v) is 15.9. The van der Waals surface area contributed by atoms with E-state index in [0.29, 0.717) is 6.54 Å². The molecule has 3 rings (SSSR count). The summed E-state index contributed by atoms with van der Waals surface area (Å²) in [7, 11) is 0. The number of amides is 1. The van der Waals surface area contributed by atoms with Gasteiger partial charge in [-0.2, -0.15) is 0 Å². The molecular formula is C20H28N4O2. The summed E-state index contributed by atoms with van der Waals surface area (Å²) in [5.74, 6) is 1.82. The SMILES string of the molecule is Cc1cc(C)nc(N2CCC[C@H](C(=O)N[C@@H](C)CCc3ccco3)C2)n1. The van der Waals surface area contributed by atoms with Crippen LogP contribution >= 0.6 is 0 Å². The Morgan fingerprint density at radius 3 is 2.85 bits per heavy atom. The lowest BCUT2D eigenvalue weighted by atomic mass is 9.96. The lowest BCUT2D eigenvalue weighted by molar-refractivity contribution is -0.125. The van der Waals surface area contributed by atoms with Crippen LogP contribution in [0.4, 0.5) is 5.95 Å². The second-order valence-corrected chi connectivity index (χ2v) is 7.26. The van der Waals surface area contributed by atoms with Gasteiger partial charge in [-0.25, -0.2) is 9.97 Å². The number of carbonyl (C=O) groups excluding carboxylic acids is 1. The number of aromatic nitrogens is 2. The molecule has 1 saturated heterocycles. The van der Waals surface area contributed by atoms with Crippen molar-refractivity contribution in [3.63, 3.8) is 0 Å². The zero-order chi connectivity index (χ0) is 18.5. The zero-order valence-electron chi connectivity index (χ0n) is 15.9. The van der Waals surface area contributed by atoms with Crippen molar-refractivity contribution in [3.05, 3.63) is 41.6 Å². The van der Waals surface area contributed by atoms with Crippen LogP contribution in [0, 0.1) is 19.8 Å². The van der Waals surface area contributed by atoms with Gasteiger partial charge in [-0.15, -0.1) is 0 Å². The number of aryl methyl sites for hydroxylation is 3. The fourth-order valence-electron chi connectivity index (χ4n) is 3.47. The summed E-state index contributed by atoms with van der Waals surface area (Å²) in [6.07, 6.45) is 5.29. The number of hydrogen-bond donors (Lipinski definition) is 1. The molecule has 1 aliphatic rings. The Morgan fingerprint density at radius 2 is 2.15 bits per heavy atom. The van der Waals surface area contributed by atoms with Gasteiger partial charge in [0.15, 0.2) is 0 Å². The van der Waals surface area contributed by atoms with Gasteiger partial charge in [-0.1, -0.05) is 0 Å². The number of nitrogens with one attached hydrogen (secondary N) is 1. The highest BCUT2D eigenvalue weighted by Crippen LogP contribution is 2.21. The maximum absolute atomic E-state index is 12.7. The molecule has 1 fully saturated rings. The van der Waals surface area contributed by atoms with Gasteiger partial charge in [0.25, 0.3) is 0 Å². The fraction of sp³-hybridized carbons (Fsp3) is 0.550. The Bertz CT molecular complexity index is 709. The van der Waals surface area contributed by atoms with Crippen LogP contribution in [0.25, 0.3) is 0 Å². The van der Waals surface area contributed by atoms with Crippen molar-refractivity contribution in [2.45, 2.75) is 52.5 Å². The first-order valence-electron chi connectivity index (χ1n) is 9.41. The molecule has 0 unspecified atom stereocenters. The molecule has 2 atom stereocenters. The van der Waals surface area contributed by atoms with Crippen molar-refractivity contribution in [1.29, 1.82) is 0 Å². The second-order valence-electron chi connectivity index (χ2n) is 7.26. The molecule has 1 aliphatic heterocycles. The predicted octanol–water partition coefficient (Wildman–Crippen LogP) is 3.04. The molecule has 6 heteroatoms. The van der Waals surface area contributed by atoms with Gasteiger partial charge >= 0.3 is 0 Å². The van der Waals surface area contributed by atoms with E-state index >= 15 is 0 Å². The molecule has 0 saturated carbocycles. The van der Waals surface area contributed by atoms with Gasteiger partial charge in [-0.05, 0) is 58.2 Å². The van der Waals surface area contributed by atoms with Crippen LogP contribution in [0.3, 0.4) is 0 Å². The van der Waals surface area contributed by atoms with Crippen LogP contribution in [0.15, 0.2) is 28.9 Å². The van der Waals surface area contributed by atoms with Gasteiger partial charge in [0.2, 0.25) is 11.9 Å². The highest BCUT2D eigenvalue weighted by atomic mass is 16.3. The molecule has 2 aromatic rings. The quantitative estimate of drug-likeness (QED) is 0.861. The minimum Gasteiger partial charge on any atom is -0.469 e. The first kappa shape index (κ1) is 18.4. The standard InChI is InChI=1S/C20H28N4O2/c1-14(8-9-18-7-5-11-26-18)21-19(25)17-6-4-10-24(13-17)20-22-15(2)12-16(3)23-20/h5,7,11-12,14,17H,4,6,8-10,13H2,1-3H3,(H,21,25)/t14-,17-/m0/s1. The molecular weight excluding hydrogens is 328 g/mol. The van der Waals surface area contributed by atoms with E-state index in [9.17, 15) is 4.79 Å². The van der Waals surface area contributed by atoms with E-state index in [4.69, 9.17) is 4.42 Å². The Morgan fingerprint density at radius 1 is 1.38 bits per heavy atom. The third-order valence-electron chi connectivity index (χ3n) is 4.84. The Kier molecular flexibility index (Phi) is 5.91. The number of piperidine rings is 1. The normalized spacial score (nSPS) is 18.6. The van der Waals surface area contributed by atoms with Crippen LogP contribution in [0.1, 0.15) is 43.3 Å². The van der Waals surface area contributed by atoms with Crippen molar-refractivity contribution in [2.24, 2.45) is 5.92 Å². The summed E-state index contributed by atoms with van der Waals surface area (Å²) in [6.45, 7) is 7.59. The van der Waals surface area contributed by atoms with Gasteiger partial charge in [-0.3, -0.25) is 4.79 Å². The molecule has 0 radical (unpaired) electrons. The van der Waals surface area contributed by atoms with Crippen LogP contribution in [-0.4, -0.2) is 35.0 Å². The third kappa shape index (κ3) is 4.84. The van der Waals surface area contributed by atoms with Crippen LogP contribution in [0.2, 0.25) is 0 Å². The Hall–Kier alpha value is -2.37. The molecule has 1 amide bonds. The lowest BCUT2D eigenvalue weighted by Crippen LogP contribution is -2.46. The van der Waals surface area contributed by atoms with Crippen molar-refractivity contribution >= 4 is 11.9 Å². The maximum atomic E-state index is 12.7. The minimum absolute atomic E-state index is 0.0146. The monoisotopic (exact) mass is 356 g/mol. The molecule has 0 spiro atoms. The van der Waals surface area contributed by atoms with Gasteiger partial charge < -0.3 is 14.6 Å². The average molecular weight is 356 g/mol. The summed E-state index contributed by atoms with van der Waals surface area (Å²) < 4.78 is 5.35. The number of hydrogen-bond acceptors (Lipinski definition) is 5. The Labute approximate surface area is 155 Å². The van der Waals surface area contributed by atoms with E-state index in [-0.39, 0.29) is 17.9 Å². The van der Waals surface area contributed by atoms with E-state index in [2.05, 4.69) is 27.1 Å². The number of carbonyl (C=O) groups is 1. The molecule has 0 aliphatic carbocycles. The second kappa shape index (κ2) is 8.34. The molecule has 6 nitrogen and oxygen atoms in total. The van der Waals surface area contributed by atoms with E-state index in [0.717, 1.165) is 55.3 Å². The molecule has 3 heterocycles. The van der Waals surface area contributed by atoms with E-state index in [1.165, 1.54) is 0 Å². The van der Waals surface area contributed by atoms with Crippen LogP contribution < -0.4 is 10.2 Å². The highest BCUT2D eigenvalue weighted by Gasteiger charge is 2.28. The lowest BCUT2D eigenvalue weighted by Gasteiger charge is -2.32. The first-order valence-corrected chi connectivity index (χ1v) is 9.41. The van der Waals surface area contributed by atoms with Crippen molar-refractivity contribution in [1.82, 2.24) is 15.3 Å². The first-order chi connectivity index (χ1) is 12.5. The number of furan rings is 1. The predicted molar refractivity (Wildman–Crippen MR) is 101 cm³/mol. The number of rotatable bonds is 6. The highest BCUT2D eigenvalue weighted by molar-refractivity contribution is 5.79. The smallest absolute Gasteiger partial charge is 0.225 e. The van der Waals surface area contributed by atoms with Gasteiger partial charge in [0.05, 0.1) is 12.2 Å². The van der Waals surface area contributed by atoms with Crippen molar-refractivity contribution < 1.29 is 9.21 Å². The summed E-state index contributed by atoms with van der Waals surface area (Å²) in [5, 5.41) is 3.16. The average Bonchev–Trinajstić information content (AvgIpc) is 3.13. The summed E-state index contributed by atoms with van der Waals surface area (Å²) in [5.41, 5.74) is 1.93. The van der Waals surface area contributed by atoms with E-state index < -0.39 is 0 Å². The van der Waals surface area contributed by atoms with Crippen LogP contribution in [0.5, 0.6) is 0 Å². The van der Waals surface area contributed by atoms with Crippen molar-refractivity contribution in [3.8, 4) is 0 Å². The molecule has 0 bridgehead atoms. The Balaban J connectivity index is 1.53. The molecule has 2 aromatic heterocycles. The third-order valence-corrected chi connectivity index (χ3v) is 4.84. The molecule has 26 heavy (non-hydrogen) atoms. The summed E-state index contributed by atoms with van der Waals surface area (Å²) in [6, 6.07) is 5.96. The minimum atomic E-state index is -0.0146. The number of nitrogens with zero attached hydrogens (tertiary/aromatic N) is 3. The van der Waals surface area contributed by atoms with Gasteiger partial charge in [0, 0.05) is 36.9 Å². The fourth-order valence-corrected chi connectivity index (χ4v) is 3.47. The maximum Gasteiger partial charge on any atom is 0.225 e. The molecule has 1 N–H and O–H groups in total. The van der Waals surface area contributed by atoms with E-state index in [1.54, 1.807) is 6.26 Å². The topological polar surface area (TPSA) is 71.3 Å². The van der Waals surface area contributed by atoms with Gasteiger partial charge in [0.1, 0.15) is 5.76 Å². The molecule has 0 aromatic carbocycles. The summed E-state index contributed by atoms with van der Waals surface area (Å²) in [4.78, 5) is 23.9. The molecule has 140 valence electrons. The summed E-state index contributed by atoms with van der Waals surface area (Å²) >= 11 is 0. The van der Waals surface area contributed by atoms with E-state index in [1.807, 2.05) is 32.0 Å². The van der Waals surface area contributed by atoms with Crippen molar-refractivity contribution in [2.75, 3.05) is 18.0 Å². The number of anilines is 1. The largest absolute Gasteiger partial charge is 0.469 e. The van der Waals surface area contributed by atoms with Crippen LogP contribution in [-0.2, 0) is 11.2 Å².